The highest BCUT2D eigenvalue weighted by Gasteiger charge is 2.11. The Morgan fingerprint density at radius 1 is 1.32 bits per heavy atom. The fourth-order valence-electron chi connectivity index (χ4n) is 2.08. The van der Waals surface area contributed by atoms with Gasteiger partial charge >= 0.3 is 0 Å². The number of aromatic nitrogens is 4. The molecule has 0 unspecified atom stereocenters. The summed E-state index contributed by atoms with van der Waals surface area (Å²) in [6.45, 7) is 3.87. The second-order valence-electron chi connectivity index (χ2n) is 4.56. The van der Waals surface area contributed by atoms with Crippen molar-refractivity contribution in [2.75, 3.05) is 6.54 Å². The number of aryl methyl sites for hydroxylation is 3. The van der Waals surface area contributed by atoms with Gasteiger partial charge in [0.15, 0.2) is 0 Å². The van der Waals surface area contributed by atoms with Gasteiger partial charge in [0, 0.05) is 45.5 Å². The molecule has 0 aliphatic heterocycles. The summed E-state index contributed by atoms with van der Waals surface area (Å²) in [5.74, 6) is 0. The molecule has 0 saturated heterocycles. The number of nitrogens with one attached hydrogen (secondary N) is 1. The van der Waals surface area contributed by atoms with Gasteiger partial charge in [-0.1, -0.05) is 6.92 Å². The van der Waals surface area contributed by atoms with E-state index in [1.54, 1.807) is 0 Å². The van der Waals surface area contributed by atoms with Gasteiger partial charge < -0.3 is 5.32 Å². The van der Waals surface area contributed by atoms with Crippen molar-refractivity contribution in [2.24, 2.45) is 14.1 Å². The number of nitrogens with zero attached hydrogens (tertiary/aromatic N) is 4. The molecule has 19 heavy (non-hydrogen) atoms. The topological polar surface area (TPSA) is 47.7 Å². The van der Waals surface area contributed by atoms with Gasteiger partial charge in [0.1, 0.15) is 0 Å². The largest absolute Gasteiger partial charge is 0.311 e. The van der Waals surface area contributed by atoms with Crippen LogP contribution in [0.25, 0.3) is 0 Å². The minimum atomic E-state index is 0.821. The summed E-state index contributed by atoms with van der Waals surface area (Å²) < 4.78 is 4.99. The quantitative estimate of drug-likeness (QED) is 0.824. The highest BCUT2D eigenvalue weighted by Crippen LogP contribution is 2.21. The molecule has 0 aliphatic carbocycles. The van der Waals surface area contributed by atoms with Crippen molar-refractivity contribution in [3.63, 3.8) is 0 Å². The molecule has 0 radical (unpaired) electrons. The van der Waals surface area contributed by atoms with E-state index in [2.05, 4.69) is 44.4 Å². The van der Waals surface area contributed by atoms with Crippen LogP contribution in [0.1, 0.15) is 24.0 Å². The van der Waals surface area contributed by atoms with Crippen LogP contribution in [-0.4, -0.2) is 26.1 Å². The average Bonchev–Trinajstić information content (AvgIpc) is 2.91. The molecule has 6 heteroatoms. The van der Waals surface area contributed by atoms with Crippen LogP contribution >= 0.6 is 15.9 Å². The Kier molecular flexibility index (Phi) is 4.76. The molecule has 2 rings (SSSR count). The zero-order valence-corrected chi connectivity index (χ0v) is 13.2. The Morgan fingerprint density at radius 3 is 2.68 bits per heavy atom. The highest BCUT2D eigenvalue weighted by molar-refractivity contribution is 9.10. The van der Waals surface area contributed by atoms with Crippen molar-refractivity contribution in [2.45, 2.75) is 26.3 Å². The van der Waals surface area contributed by atoms with E-state index in [4.69, 9.17) is 0 Å². The second kappa shape index (κ2) is 6.34. The molecule has 0 bridgehead atoms. The van der Waals surface area contributed by atoms with Gasteiger partial charge in [0.2, 0.25) is 0 Å². The predicted molar refractivity (Wildman–Crippen MR) is 78.9 cm³/mol. The summed E-state index contributed by atoms with van der Waals surface area (Å²) in [6, 6.07) is 2.05. The van der Waals surface area contributed by atoms with Crippen LogP contribution in [0.15, 0.2) is 16.7 Å². The van der Waals surface area contributed by atoms with Crippen LogP contribution in [0.4, 0.5) is 0 Å². The first-order chi connectivity index (χ1) is 9.13. The minimum Gasteiger partial charge on any atom is -0.311 e. The average molecular weight is 326 g/mol. The zero-order chi connectivity index (χ0) is 13.8. The molecule has 0 spiro atoms. The van der Waals surface area contributed by atoms with E-state index in [1.807, 2.05) is 29.7 Å². The lowest BCUT2D eigenvalue weighted by Crippen LogP contribution is -2.19. The Labute approximate surface area is 122 Å². The van der Waals surface area contributed by atoms with Crippen LogP contribution in [0.3, 0.4) is 0 Å². The monoisotopic (exact) mass is 325 g/mol. The molecular weight excluding hydrogens is 306 g/mol. The SMILES string of the molecule is CCc1nn(C)c(CNCCc2ccnn2C)c1Br. The smallest absolute Gasteiger partial charge is 0.0767 e. The lowest BCUT2D eigenvalue weighted by atomic mass is 10.3. The fraction of sp³-hybridized carbons (Fsp3) is 0.538. The van der Waals surface area contributed by atoms with Crippen molar-refractivity contribution in [3.8, 4) is 0 Å². The first-order valence-corrected chi connectivity index (χ1v) is 7.30. The molecule has 0 amide bonds. The third kappa shape index (κ3) is 3.25. The first-order valence-electron chi connectivity index (χ1n) is 6.51. The number of halogens is 1. The van der Waals surface area contributed by atoms with Crippen LogP contribution in [-0.2, 0) is 33.5 Å². The van der Waals surface area contributed by atoms with Crippen LogP contribution < -0.4 is 5.32 Å². The van der Waals surface area contributed by atoms with Gasteiger partial charge in [-0.25, -0.2) is 0 Å². The summed E-state index contributed by atoms with van der Waals surface area (Å²) in [5, 5.41) is 12.1. The normalized spacial score (nSPS) is 11.2. The number of hydrogen-bond acceptors (Lipinski definition) is 3. The van der Waals surface area contributed by atoms with E-state index >= 15 is 0 Å². The van der Waals surface area contributed by atoms with E-state index in [-0.39, 0.29) is 0 Å². The molecule has 2 aromatic rings. The van der Waals surface area contributed by atoms with Crippen LogP contribution in [0.5, 0.6) is 0 Å². The third-order valence-electron chi connectivity index (χ3n) is 3.28. The lowest BCUT2D eigenvalue weighted by molar-refractivity contribution is 0.606. The van der Waals surface area contributed by atoms with Gasteiger partial charge in [-0.2, -0.15) is 10.2 Å². The van der Waals surface area contributed by atoms with E-state index < -0.39 is 0 Å². The Hall–Kier alpha value is -1.14. The highest BCUT2D eigenvalue weighted by atomic mass is 79.9. The summed E-state index contributed by atoms with van der Waals surface area (Å²) in [7, 11) is 3.96. The van der Waals surface area contributed by atoms with Crippen molar-refractivity contribution in [1.82, 2.24) is 24.9 Å². The molecule has 104 valence electrons. The lowest BCUT2D eigenvalue weighted by Gasteiger charge is -2.06. The van der Waals surface area contributed by atoms with Crippen LogP contribution in [0, 0.1) is 0 Å². The van der Waals surface area contributed by atoms with Gasteiger partial charge in [0.05, 0.1) is 15.9 Å². The molecule has 5 nitrogen and oxygen atoms in total. The summed E-state index contributed by atoms with van der Waals surface area (Å²) in [6.07, 6.45) is 3.76. The van der Waals surface area contributed by atoms with Crippen molar-refractivity contribution in [3.05, 3.63) is 33.8 Å². The van der Waals surface area contributed by atoms with Gasteiger partial charge in [0.25, 0.3) is 0 Å². The van der Waals surface area contributed by atoms with Crippen molar-refractivity contribution in [1.29, 1.82) is 0 Å². The molecule has 0 saturated carbocycles. The maximum Gasteiger partial charge on any atom is 0.0767 e. The van der Waals surface area contributed by atoms with Crippen molar-refractivity contribution >= 4 is 15.9 Å². The van der Waals surface area contributed by atoms with Crippen molar-refractivity contribution < 1.29 is 0 Å². The predicted octanol–water partition coefficient (Wildman–Crippen LogP) is 1.81. The molecule has 1 N–H and O–H groups in total. The summed E-state index contributed by atoms with van der Waals surface area (Å²) in [4.78, 5) is 0. The minimum absolute atomic E-state index is 0.821. The van der Waals surface area contributed by atoms with E-state index in [9.17, 15) is 0 Å². The Bertz CT molecular complexity index is 543. The summed E-state index contributed by atoms with van der Waals surface area (Å²) >= 11 is 3.63. The maximum atomic E-state index is 4.49. The van der Waals surface area contributed by atoms with Gasteiger partial charge in [-0.05, 0) is 28.4 Å². The fourth-order valence-corrected chi connectivity index (χ4v) is 2.84. The van der Waals surface area contributed by atoms with Gasteiger partial charge in [-0.3, -0.25) is 9.36 Å². The molecule has 2 aromatic heterocycles. The zero-order valence-electron chi connectivity index (χ0n) is 11.6. The van der Waals surface area contributed by atoms with E-state index in [1.165, 1.54) is 11.4 Å². The Morgan fingerprint density at radius 2 is 2.11 bits per heavy atom. The number of hydrogen-bond donors (Lipinski definition) is 1. The molecular formula is C13H20BrN5. The molecule has 0 fully saturated rings. The van der Waals surface area contributed by atoms with E-state index in [0.29, 0.717) is 0 Å². The van der Waals surface area contributed by atoms with Gasteiger partial charge in [-0.15, -0.1) is 0 Å². The number of rotatable bonds is 6. The van der Waals surface area contributed by atoms with E-state index in [0.717, 1.165) is 36.1 Å². The third-order valence-corrected chi connectivity index (χ3v) is 4.19. The first kappa shape index (κ1) is 14.3. The molecule has 0 aromatic carbocycles. The maximum absolute atomic E-state index is 4.49. The second-order valence-corrected chi connectivity index (χ2v) is 5.35. The molecule has 2 heterocycles. The molecule has 0 aliphatic rings. The summed E-state index contributed by atoms with van der Waals surface area (Å²) in [5.41, 5.74) is 3.55. The standard InChI is InChI=1S/C13H20BrN5/c1-4-11-13(14)12(19(3)17-11)9-15-7-5-10-6-8-16-18(10)2/h6,8,15H,4-5,7,9H2,1-3H3. The molecule has 0 atom stereocenters. The van der Waals surface area contributed by atoms with Crippen LogP contribution in [0.2, 0.25) is 0 Å². The Balaban J connectivity index is 1.86.